The number of hydrogen-bond acceptors (Lipinski definition) is 2. The zero-order chi connectivity index (χ0) is 8.81. The molecule has 0 atom stereocenters. The van der Waals surface area contributed by atoms with Crippen LogP contribution in [0.25, 0.3) is 6.08 Å². The van der Waals surface area contributed by atoms with Crippen LogP contribution >= 0.6 is 0 Å². The van der Waals surface area contributed by atoms with Gasteiger partial charge in [-0.15, -0.1) is 5.73 Å². The molecule has 0 aliphatic rings. The Morgan fingerprint density at radius 2 is 2.17 bits per heavy atom. The van der Waals surface area contributed by atoms with Crippen LogP contribution < -0.4 is 0 Å². The van der Waals surface area contributed by atoms with Crippen LogP contribution in [0.1, 0.15) is 24.7 Å². The minimum absolute atomic E-state index is 0.891. The normalized spacial score (nSPS) is 8.83. The van der Waals surface area contributed by atoms with Crippen LogP contribution in [-0.4, -0.2) is 9.97 Å². The molecule has 1 rings (SSSR count). The first-order valence-corrected chi connectivity index (χ1v) is 4.03. The summed E-state index contributed by atoms with van der Waals surface area (Å²) in [4.78, 5) is 8.26. The van der Waals surface area contributed by atoms with E-state index in [2.05, 4.69) is 22.6 Å². The van der Waals surface area contributed by atoms with Crippen molar-refractivity contribution in [1.82, 2.24) is 9.97 Å². The number of hydrogen-bond donors (Lipinski definition) is 0. The SMILES string of the molecule is CCC=C=Cc1nccnc1C. The van der Waals surface area contributed by atoms with Crippen molar-refractivity contribution in [3.8, 4) is 0 Å². The van der Waals surface area contributed by atoms with E-state index < -0.39 is 0 Å². The predicted octanol–water partition coefficient (Wildman–Crippen LogP) is 2.36. The highest BCUT2D eigenvalue weighted by molar-refractivity contribution is 5.45. The third kappa shape index (κ3) is 2.33. The molecule has 0 bridgehead atoms. The van der Waals surface area contributed by atoms with E-state index in [0.29, 0.717) is 0 Å². The van der Waals surface area contributed by atoms with Crippen LogP contribution in [-0.2, 0) is 0 Å². The van der Waals surface area contributed by atoms with Gasteiger partial charge in [0, 0.05) is 18.5 Å². The lowest BCUT2D eigenvalue weighted by Gasteiger charge is -1.93. The van der Waals surface area contributed by atoms with Crippen LogP contribution in [0.3, 0.4) is 0 Å². The van der Waals surface area contributed by atoms with E-state index in [1.165, 1.54) is 0 Å². The summed E-state index contributed by atoms with van der Waals surface area (Å²) < 4.78 is 0. The molecular weight excluding hydrogens is 148 g/mol. The Labute approximate surface area is 72.7 Å². The van der Waals surface area contributed by atoms with Crippen molar-refractivity contribution in [1.29, 1.82) is 0 Å². The van der Waals surface area contributed by atoms with Crippen molar-refractivity contribution in [3.63, 3.8) is 0 Å². The van der Waals surface area contributed by atoms with Gasteiger partial charge in [0.2, 0.25) is 0 Å². The summed E-state index contributed by atoms with van der Waals surface area (Å²) in [6.07, 6.45) is 8.19. The first-order chi connectivity index (χ1) is 5.84. The van der Waals surface area contributed by atoms with Crippen LogP contribution in [0.5, 0.6) is 0 Å². The zero-order valence-corrected chi connectivity index (χ0v) is 7.41. The highest BCUT2D eigenvalue weighted by Crippen LogP contribution is 2.00. The van der Waals surface area contributed by atoms with Gasteiger partial charge in [0.25, 0.3) is 0 Å². The summed E-state index contributed by atoms with van der Waals surface area (Å²) in [5, 5.41) is 0. The summed E-state index contributed by atoms with van der Waals surface area (Å²) >= 11 is 0. The van der Waals surface area contributed by atoms with Gasteiger partial charge in [0.15, 0.2) is 0 Å². The molecule has 0 radical (unpaired) electrons. The molecule has 1 heterocycles. The average Bonchev–Trinajstić information content (AvgIpc) is 2.09. The second kappa shape index (κ2) is 4.47. The summed E-state index contributed by atoms with van der Waals surface area (Å²) in [6.45, 7) is 4.01. The molecule has 0 aliphatic heterocycles. The monoisotopic (exact) mass is 160 g/mol. The lowest BCUT2D eigenvalue weighted by Crippen LogP contribution is -1.87. The van der Waals surface area contributed by atoms with Gasteiger partial charge in [0.05, 0.1) is 11.4 Å². The maximum Gasteiger partial charge on any atom is 0.0918 e. The van der Waals surface area contributed by atoms with Gasteiger partial charge in [-0.25, -0.2) is 0 Å². The Morgan fingerprint density at radius 3 is 2.83 bits per heavy atom. The smallest absolute Gasteiger partial charge is 0.0918 e. The van der Waals surface area contributed by atoms with Crippen molar-refractivity contribution in [2.75, 3.05) is 0 Å². The maximum atomic E-state index is 4.15. The minimum Gasteiger partial charge on any atom is -0.258 e. The lowest BCUT2D eigenvalue weighted by atomic mass is 10.3. The van der Waals surface area contributed by atoms with Crippen molar-refractivity contribution >= 4 is 6.08 Å². The third-order valence-electron chi connectivity index (χ3n) is 1.46. The van der Waals surface area contributed by atoms with Gasteiger partial charge >= 0.3 is 0 Å². The first-order valence-electron chi connectivity index (χ1n) is 4.03. The minimum atomic E-state index is 0.891. The molecule has 0 saturated heterocycles. The van der Waals surface area contributed by atoms with Gasteiger partial charge in [-0.1, -0.05) is 6.92 Å². The maximum absolute atomic E-state index is 4.15. The van der Waals surface area contributed by atoms with Crippen LogP contribution in [0.15, 0.2) is 24.2 Å². The summed E-state index contributed by atoms with van der Waals surface area (Å²) in [5.74, 6) is 0. The third-order valence-corrected chi connectivity index (χ3v) is 1.46. The fourth-order valence-corrected chi connectivity index (χ4v) is 0.816. The van der Waals surface area contributed by atoms with Gasteiger partial charge < -0.3 is 0 Å². The van der Waals surface area contributed by atoms with Crippen LogP contribution in [0.2, 0.25) is 0 Å². The molecule has 0 aliphatic carbocycles. The summed E-state index contributed by atoms with van der Waals surface area (Å²) in [7, 11) is 0. The van der Waals surface area contributed by atoms with Gasteiger partial charge in [-0.3, -0.25) is 9.97 Å². The van der Waals surface area contributed by atoms with Gasteiger partial charge in [0.1, 0.15) is 0 Å². The Morgan fingerprint density at radius 1 is 1.42 bits per heavy atom. The molecule has 0 unspecified atom stereocenters. The summed E-state index contributed by atoms with van der Waals surface area (Å²) in [5.41, 5.74) is 4.87. The van der Waals surface area contributed by atoms with Crippen LogP contribution in [0.4, 0.5) is 0 Å². The van der Waals surface area contributed by atoms with Gasteiger partial charge in [-0.05, 0) is 19.4 Å². The fourth-order valence-electron chi connectivity index (χ4n) is 0.816. The highest BCUT2D eigenvalue weighted by Gasteiger charge is 1.91. The molecule has 0 aromatic carbocycles. The lowest BCUT2D eigenvalue weighted by molar-refractivity contribution is 1.10. The van der Waals surface area contributed by atoms with Crippen molar-refractivity contribution in [2.24, 2.45) is 0 Å². The quantitative estimate of drug-likeness (QED) is 0.621. The second-order valence-electron chi connectivity index (χ2n) is 2.45. The molecular formula is C10H12N2. The first kappa shape index (κ1) is 8.69. The van der Waals surface area contributed by atoms with E-state index in [4.69, 9.17) is 0 Å². The molecule has 1 aromatic heterocycles. The molecule has 0 saturated carbocycles. The van der Waals surface area contributed by atoms with E-state index in [1.807, 2.05) is 19.1 Å². The molecule has 62 valence electrons. The second-order valence-corrected chi connectivity index (χ2v) is 2.45. The number of allylic oxidation sites excluding steroid dienone is 1. The van der Waals surface area contributed by atoms with Gasteiger partial charge in [-0.2, -0.15) is 0 Å². The topological polar surface area (TPSA) is 25.8 Å². The fraction of sp³-hybridized carbons (Fsp3) is 0.300. The molecule has 1 aromatic rings. The van der Waals surface area contributed by atoms with E-state index >= 15 is 0 Å². The Hall–Kier alpha value is -1.40. The highest BCUT2D eigenvalue weighted by atomic mass is 14.8. The van der Waals surface area contributed by atoms with Crippen LogP contribution in [0, 0.1) is 6.92 Å². The van der Waals surface area contributed by atoms with E-state index in [9.17, 15) is 0 Å². The van der Waals surface area contributed by atoms with Crippen molar-refractivity contribution < 1.29 is 0 Å². The van der Waals surface area contributed by atoms with Crippen molar-refractivity contribution in [3.05, 3.63) is 35.6 Å². The number of rotatable bonds is 2. The Bertz CT molecular complexity index is 309. The number of aryl methyl sites for hydroxylation is 1. The molecule has 12 heavy (non-hydrogen) atoms. The van der Waals surface area contributed by atoms with Crippen molar-refractivity contribution in [2.45, 2.75) is 20.3 Å². The largest absolute Gasteiger partial charge is 0.258 e. The molecule has 0 N–H and O–H groups in total. The number of aromatic nitrogens is 2. The molecule has 0 amide bonds. The van der Waals surface area contributed by atoms with E-state index in [1.54, 1.807) is 12.4 Å². The zero-order valence-electron chi connectivity index (χ0n) is 7.41. The summed E-state index contributed by atoms with van der Waals surface area (Å²) in [6, 6.07) is 0. The molecule has 0 spiro atoms. The number of nitrogens with zero attached hydrogens (tertiary/aromatic N) is 2. The standard InChI is InChI=1S/C10H12N2/c1-3-4-5-6-10-9(2)11-7-8-12-10/h4,6-8H,3H2,1-2H3. The Balaban J connectivity index is 2.89. The predicted molar refractivity (Wildman–Crippen MR) is 49.6 cm³/mol. The average molecular weight is 160 g/mol. The van der Waals surface area contributed by atoms with E-state index in [-0.39, 0.29) is 0 Å². The molecule has 0 fully saturated rings. The molecule has 2 nitrogen and oxygen atoms in total. The Kier molecular flexibility index (Phi) is 3.24. The van der Waals surface area contributed by atoms with E-state index in [0.717, 1.165) is 17.8 Å². The molecule has 2 heteroatoms.